The van der Waals surface area contributed by atoms with Gasteiger partial charge in [0.15, 0.2) is 11.6 Å². The number of halogens is 1. The topological polar surface area (TPSA) is 110 Å². The summed E-state index contributed by atoms with van der Waals surface area (Å²) in [7, 11) is -3.83. The van der Waals surface area contributed by atoms with E-state index in [4.69, 9.17) is 4.74 Å². The molecule has 2 heterocycles. The monoisotopic (exact) mass is 363 g/mol. The number of hydrogen-bond donors (Lipinski definition) is 2. The molecule has 10 heteroatoms. The van der Waals surface area contributed by atoms with Crippen molar-refractivity contribution in [2.24, 2.45) is 0 Å². The minimum absolute atomic E-state index is 0.0273. The Morgan fingerprint density at radius 1 is 1.16 bits per heavy atom. The SMILES string of the molecule is Cc1n[nH]c(C)c1S(=O)(=O)Nc1cnc(Oc2ccccc2F)nc1. The van der Waals surface area contributed by atoms with E-state index in [0.29, 0.717) is 11.4 Å². The van der Waals surface area contributed by atoms with Gasteiger partial charge in [0.25, 0.3) is 10.0 Å². The number of sulfonamides is 1. The van der Waals surface area contributed by atoms with Crippen LogP contribution in [-0.4, -0.2) is 28.6 Å². The second-order valence-corrected chi connectivity index (χ2v) is 6.77. The minimum Gasteiger partial charge on any atom is -0.421 e. The molecule has 0 fully saturated rings. The molecule has 2 N–H and O–H groups in total. The van der Waals surface area contributed by atoms with Gasteiger partial charge >= 0.3 is 6.01 Å². The number of aromatic amines is 1. The van der Waals surface area contributed by atoms with Gasteiger partial charge in [-0.2, -0.15) is 5.10 Å². The second-order valence-electron chi connectivity index (χ2n) is 5.16. The highest BCUT2D eigenvalue weighted by atomic mass is 32.2. The fourth-order valence-electron chi connectivity index (χ4n) is 2.19. The highest BCUT2D eigenvalue weighted by Crippen LogP contribution is 2.23. The van der Waals surface area contributed by atoms with Crippen LogP contribution in [0, 0.1) is 19.7 Å². The molecule has 3 rings (SSSR count). The molecule has 0 unspecified atom stereocenters. The molecule has 0 spiro atoms. The Labute approximate surface area is 143 Å². The third kappa shape index (κ3) is 3.58. The van der Waals surface area contributed by atoms with Gasteiger partial charge in [0, 0.05) is 0 Å². The number of H-pyrrole nitrogens is 1. The van der Waals surface area contributed by atoms with E-state index in [-0.39, 0.29) is 22.3 Å². The summed E-state index contributed by atoms with van der Waals surface area (Å²) in [5.74, 6) is -0.581. The van der Waals surface area contributed by atoms with Crippen molar-refractivity contribution in [2.45, 2.75) is 18.7 Å². The number of hydrogen-bond acceptors (Lipinski definition) is 6. The number of ether oxygens (including phenoxy) is 1. The molecule has 0 saturated carbocycles. The third-order valence-corrected chi connectivity index (χ3v) is 4.89. The van der Waals surface area contributed by atoms with Crippen molar-refractivity contribution >= 4 is 15.7 Å². The Morgan fingerprint density at radius 3 is 2.44 bits per heavy atom. The summed E-state index contributed by atoms with van der Waals surface area (Å²) < 4.78 is 45.9. The second kappa shape index (κ2) is 6.48. The van der Waals surface area contributed by atoms with Crippen molar-refractivity contribution in [2.75, 3.05) is 4.72 Å². The quantitative estimate of drug-likeness (QED) is 0.721. The number of benzene rings is 1. The molecule has 0 aliphatic carbocycles. The van der Waals surface area contributed by atoms with E-state index < -0.39 is 15.8 Å². The van der Waals surface area contributed by atoms with E-state index in [1.165, 1.54) is 30.6 Å². The van der Waals surface area contributed by atoms with Crippen LogP contribution in [0.15, 0.2) is 41.6 Å². The summed E-state index contributed by atoms with van der Waals surface area (Å²) in [5.41, 5.74) is 0.914. The number of nitrogens with zero attached hydrogens (tertiary/aromatic N) is 3. The molecule has 3 aromatic rings. The maximum Gasteiger partial charge on any atom is 0.322 e. The Morgan fingerprint density at radius 2 is 1.84 bits per heavy atom. The smallest absolute Gasteiger partial charge is 0.322 e. The van der Waals surface area contributed by atoms with Crippen molar-refractivity contribution < 1.29 is 17.5 Å². The largest absolute Gasteiger partial charge is 0.421 e. The molecule has 130 valence electrons. The Balaban J connectivity index is 1.78. The number of rotatable bonds is 5. The summed E-state index contributed by atoms with van der Waals surface area (Å²) in [4.78, 5) is 7.82. The normalized spacial score (nSPS) is 11.3. The van der Waals surface area contributed by atoms with E-state index in [1.807, 2.05) is 0 Å². The molecular formula is C15H14FN5O3S. The van der Waals surface area contributed by atoms with Gasteiger partial charge in [0.1, 0.15) is 4.90 Å². The average Bonchev–Trinajstić information content (AvgIpc) is 2.91. The molecule has 0 saturated heterocycles. The molecule has 8 nitrogen and oxygen atoms in total. The van der Waals surface area contributed by atoms with Gasteiger partial charge in [-0.15, -0.1) is 0 Å². The van der Waals surface area contributed by atoms with Crippen molar-refractivity contribution in [3.8, 4) is 11.8 Å². The maximum absolute atomic E-state index is 13.5. The number of para-hydroxylation sites is 1. The zero-order valence-corrected chi connectivity index (χ0v) is 14.1. The zero-order chi connectivity index (χ0) is 18.0. The van der Waals surface area contributed by atoms with Crippen molar-refractivity contribution in [3.63, 3.8) is 0 Å². The summed E-state index contributed by atoms with van der Waals surface area (Å²) in [6.45, 7) is 3.19. The first kappa shape index (κ1) is 16.8. The maximum atomic E-state index is 13.5. The first-order valence-electron chi connectivity index (χ1n) is 7.15. The number of aryl methyl sites for hydroxylation is 2. The van der Waals surface area contributed by atoms with Crippen LogP contribution in [0.3, 0.4) is 0 Å². The van der Waals surface area contributed by atoms with Gasteiger partial charge in [0.05, 0.1) is 29.5 Å². The van der Waals surface area contributed by atoms with Crippen LogP contribution in [0.5, 0.6) is 11.8 Å². The van der Waals surface area contributed by atoms with Gasteiger partial charge in [-0.05, 0) is 26.0 Å². The predicted molar refractivity (Wildman–Crippen MR) is 87.4 cm³/mol. The molecule has 0 bridgehead atoms. The van der Waals surface area contributed by atoms with Crippen LogP contribution in [0.25, 0.3) is 0 Å². The van der Waals surface area contributed by atoms with Gasteiger partial charge < -0.3 is 4.74 Å². The van der Waals surface area contributed by atoms with Crippen molar-refractivity contribution in [1.29, 1.82) is 0 Å². The lowest BCUT2D eigenvalue weighted by Crippen LogP contribution is -2.15. The lowest BCUT2D eigenvalue weighted by Gasteiger charge is -2.08. The summed E-state index contributed by atoms with van der Waals surface area (Å²) in [5, 5.41) is 6.48. The van der Waals surface area contributed by atoms with E-state index in [9.17, 15) is 12.8 Å². The Bertz CT molecular complexity index is 983. The number of nitrogens with one attached hydrogen (secondary N) is 2. The first-order valence-corrected chi connectivity index (χ1v) is 8.64. The van der Waals surface area contributed by atoms with Gasteiger partial charge in [-0.3, -0.25) is 9.82 Å². The number of aromatic nitrogens is 4. The van der Waals surface area contributed by atoms with Crippen LogP contribution >= 0.6 is 0 Å². The van der Waals surface area contributed by atoms with Gasteiger partial charge in [0.2, 0.25) is 0 Å². The van der Waals surface area contributed by atoms with E-state index in [2.05, 4.69) is 24.9 Å². The van der Waals surface area contributed by atoms with Gasteiger partial charge in [-0.25, -0.2) is 22.8 Å². The fraction of sp³-hybridized carbons (Fsp3) is 0.133. The van der Waals surface area contributed by atoms with E-state index in [1.54, 1.807) is 19.9 Å². The summed E-state index contributed by atoms with van der Waals surface area (Å²) in [6.07, 6.45) is 2.46. The third-order valence-electron chi connectivity index (χ3n) is 3.25. The van der Waals surface area contributed by atoms with Crippen molar-refractivity contribution in [1.82, 2.24) is 20.2 Å². The standard InChI is InChI=1S/C15H14FN5O3S/c1-9-14(10(2)20-19-9)25(22,23)21-11-7-17-15(18-8-11)24-13-6-4-3-5-12(13)16/h3-8,21H,1-2H3,(H,19,20). The molecule has 0 amide bonds. The summed E-state index contributed by atoms with van der Waals surface area (Å²) in [6, 6.07) is 5.70. The number of anilines is 1. The molecule has 25 heavy (non-hydrogen) atoms. The molecule has 0 atom stereocenters. The van der Waals surface area contributed by atoms with Crippen LogP contribution in [0.4, 0.5) is 10.1 Å². The fourth-order valence-corrected chi connectivity index (χ4v) is 3.59. The van der Waals surface area contributed by atoms with Crippen LogP contribution < -0.4 is 9.46 Å². The predicted octanol–water partition coefficient (Wildman–Crippen LogP) is 2.55. The molecule has 0 aliphatic heterocycles. The molecule has 2 aromatic heterocycles. The van der Waals surface area contributed by atoms with Crippen LogP contribution in [0.1, 0.15) is 11.4 Å². The highest BCUT2D eigenvalue weighted by molar-refractivity contribution is 7.92. The van der Waals surface area contributed by atoms with Crippen LogP contribution in [-0.2, 0) is 10.0 Å². The average molecular weight is 363 g/mol. The zero-order valence-electron chi connectivity index (χ0n) is 13.3. The van der Waals surface area contributed by atoms with Crippen molar-refractivity contribution in [3.05, 3.63) is 53.9 Å². The van der Waals surface area contributed by atoms with E-state index >= 15 is 0 Å². The van der Waals surface area contributed by atoms with Crippen LogP contribution in [0.2, 0.25) is 0 Å². The lowest BCUT2D eigenvalue weighted by molar-refractivity contribution is 0.411. The van der Waals surface area contributed by atoms with E-state index in [0.717, 1.165) is 0 Å². The lowest BCUT2D eigenvalue weighted by atomic mass is 10.3. The molecule has 0 aliphatic rings. The van der Waals surface area contributed by atoms with Gasteiger partial charge in [-0.1, -0.05) is 12.1 Å². The Kier molecular flexibility index (Phi) is 4.36. The molecular weight excluding hydrogens is 349 g/mol. The first-order chi connectivity index (χ1) is 11.9. The summed E-state index contributed by atoms with van der Waals surface area (Å²) >= 11 is 0. The molecule has 0 radical (unpaired) electrons. The molecule has 1 aromatic carbocycles. The highest BCUT2D eigenvalue weighted by Gasteiger charge is 2.22. The Hall–Kier alpha value is -3.01. The minimum atomic E-state index is -3.83.